The van der Waals surface area contributed by atoms with Crippen LogP contribution in [0.3, 0.4) is 0 Å². The summed E-state index contributed by atoms with van der Waals surface area (Å²) < 4.78 is 0. The number of fused-ring (bicyclic) bond motifs is 2. The highest BCUT2D eigenvalue weighted by Crippen LogP contribution is 2.47. The number of hydrogen-bond acceptors (Lipinski definition) is 4. The first-order valence-electron chi connectivity index (χ1n) is 9.91. The molecule has 0 aliphatic carbocycles. The van der Waals surface area contributed by atoms with Crippen molar-refractivity contribution in [3.63, 3.8) is 0 Å². The molecule has 6 nitrogen and oxygen atoms in total. The maximum atomic E-state index is 11.7. The lowest BCUT2D eigenvalue weighted by Crippen LogP contribution is -2.40. The first-order chi connectivity index (χ1) is 15.4. The van der Waals surface area contributed by atoms with Gasteiger partial charge in [0.05, 0.1) is 16.9 Å². The lowest BCUT2D eigenvalue weighted by Gasteiger charge is -2.34. The summed E-state index contributed by atoms with van der Waals surface area (Å²) in [4.78, 5) is 23.2. The molecule has 4 aromatic carbocycles. The smallest absolute Gasteiger partial charge is 0.335 e. The van der Waals surface area contributed by atoms with Gasteiger partial charge >= 0.3 is 5.97 Å². The summed E-state index contributed by atoms with van der Waals surface area (Å²) in [6, 6.07) is 23.7. The van der Waals surface area contributed by atoms with Gasteiger partial charge in [-0.2, -0.15) is 0 Å². The number of carboxylic acids is 1. The van der Waals surface area contributed by atoms with E-state index in [-0.39, 0.29) is 5.56 Å². The molecule has 0 spiro atoms. The SMILES string of the molecule is NC(=O)c1ccc(C2(c3cccc4ccccc34)Nc3ccc(C(=O)O)cc3N2)c(Cl)c1. The second kappa shape index (κ2) is 7.28. The molecule has 5 N–H and O–H groups in total. The van der Waals surface area contributed by atoms with Crippen LogP contribution in [0.25, 0.3) is 10.8 Å². The molecular formula is C25H18ClN3O3. The molecule has 1 atom stereocenters. The fourth-order valence-corrected chi connectivity index (χ4v) is 4.59. The molecule has 1 aliphatic heterocycles. The number of amides is 1. The standard InChI is InChI=1S/C25H18ClN3O3/c26-20-12-15(23(27)30)8-10-19(20)25(18-7-3-5-14-4-1-2-6-17(14)18)28-21-11-9-16(24(31)32)13-22(21)29-25/h1-13,28-29H,(H2,27,30)(H,31,32). The number of carbonyl (C=O) groups excluding carboxylic acids is 1. The van der Waals surface area contributed by atoms with Crippen molar-refractivity contribution in [1.29, 1.82) is 0 Å². The zero-order valence-electron chi connectivity index (χ0n) is 16.7. The van der Waals surface area contributed by atoms with E-state index < -0.39 is 17.5 Å². The van der Waals surface area contributed by atoms with E-state index >= 15 is 0 Å². The van der Waals surface area contributed by atoms with Gasteiger partial charge in [-0.3, -0.25) is 4.79 Å². The number of anilines is 2. The summed E-state index contributed by atoms with van der Waals surface area (Å²) in [7, 11) is 0. The number of carbonyl (C=O) groups is 2. The minimum atomic E-state index is -1.01. The number of primary amides is 1. The number of hydrogen-bond donors (Lipinski definition) is 4. The molecule has 0 radical (unpaired) electrons. The molecule has 1 unspecified atom stereocenters. The highest BCUT2D eigenvalue weighted by molar-refractivity contribution is 6.32. The molecule has 1 aliphatic rings. The Balaban J connectivity index is 1.78. The molecule has 1 amide bonds. The fraction of sp³-hybridized carbons (Fsp3) is 0.0400. The number of nitrogens with one attached hydrogen (secondary N) is 2. The number of nitrogens with two attached hydrogens (primary N) is 1. The predicted molar refractivity (Wildman–Crippen MR) is 125 cm³/mol. The Morgan fingerprint density at radius 3 is 2.28 bits per heavy atom. The Morgan fingerprint density at radius 1 is 0.812 bits per heavy atom. The fourth-order valence-electron chi connectivity index (χ4n) is 4.26. The molecule has 7 heteroatoms. The number of carboxylic acid groups (broad SMARTS) is 1. The van der Waals surface area contributed by atoms with E-state index in [4.69, 9.17) is 17.3 Å². The van der Waals surface area contributed by atoms with E-state index in [1.807, 2.05) is 42.5 Å². The van der Waals surface area contributed by atoms with Crippen molar-refractivity contribution in [2.75, 3.05) is 10.6 Å². The van der Waals surface area contributed by atoms with Gasteiger partial charge in [0.2, 0.25) is 5.91 Å². The van der Waals surface area contributed by atoms with Crippen LogP contribution in [0, 0.1) is 0 Å². The molecular weight excluding hydrogens is 426 g/mol. The van der Waals surface area contributed by atoms with E-state index in [9.17, 15) is 14.7 Å². The first-order valence-corrected chi connectivity index (χ1v) is 10.3. The predicted octanol–water partition coefficient (Wildman–Crippen LogP) is 5.03. The summed E-state index contributed by atoms with van der Waals surface area (Å²) in [6.45, 7) is 0. The second-order valence-corrected chi connectivity index (χ2v) is 8.06. The molecule has 158 valence electrons. The minimum absolute atomic E-state index is 0.168. The Kier molecular flexibility index (Phi) is 4.53. The monoisotopic (exact) mass is 443 g/mol. The number of benzene rings is 4. The lowest BCUT2D eigenvalue weighted by atomic mass is 9.87. The largest absolute Gasteiger partial charge is 0.478 e. The highest BCUT2D eigenvalue weighted by Gasteiger charge is 2.42. The number of rotatable bonds is 4. The molecule has 0 fully saturated rings. The van der Waals surface area contributed by atoms with Crippen LogP contribution in [0.1, 0.15) is 31.8 Å². The number of aromatic carboxylic acids is 1. The van der Waals surface area contributed by atoms with Crippen molar-refractivity contribution in [1.82, 2.24) is 0 Å². The second-order valence-electron chi connectivity index (χ2n) is 7.65. The summed E-state index contributed by atoms with van der Waals surface area (Å²) >= 11 is 6.69. The van der Waals surface area contributed by atoms with Gasteiger partial charge in [-0.15, -0.1) is 0 Å². The normalized spacial score (nSPS) is 16.8. The zero-order chi connectivity index (χ0) is 22.5. The van der Waals surface area contributed by atoms with Gasteiger partial charge in [0.25, 0.3) is 0 Å². The summed E-state index contributed by atoms with van der Waals surface area (Å²) in [5.41, 5.74) is 7.84. The van der Waals surface area contributed by atoms with Crippen LogP contribution in [0.5, 0.6) is 0 Å². The van der Waals surface area contributed by atoms with E-state index in [1.165, 1.54) is 0 Å². The Bertz CT molecular complexity index is 1410. The van der Waals surface area contributed by atoms with Crippen LogP contribution in [0.4, 0.5) is 11.4 Å². The Morgan fingerprint density at radius 2 is 1.53 bits per heavy atom. The van der Waals surface area contributed by atoms with E-state index in [0.717, 1.165) is 22.0 Å². The van der Waals surface area contributed by atoms with E-state index in [1.54, 1.807) is 36.4 Å². The van der Waals surface area contributed by atoms with Gasteiger partial charge in [0.1, 0.15) is 0 Å². The average Bonchev–Trinajstić information content (AvgIpc) is 3.18. The van der Waals surface area contributed by atoms with E-state index in [2.05, 4.69) is 10.6 Å². The molecule has 0 aromatic heterocycles. The van der Waals surface area contributed by atoms with Gasteiger partial charge in [-0.25, -0.2) is 4.79 Å². The molecule has 1 heterocycles. The third-order valence-electron chi connectivity index (χ3n) is 5.76. The Labute approximate surface area is 188 Å². The lowest BCUT2D eigenvalue weighted by molar-refractivity contribution is 0.0696. The van der Waals surface area contributed by atoms with Crippen LogP contribution < -0.4 is 16.4 Å². The first kappa shape index (κ1) is 19.9. The third-order valence-corrected chi connectivity index (χ3v) is 6.07. The van der Waals surface area contributed by atoms with E-state index in [0.29, 0.717) is 21.8 Å². The quantitative estimate of drug-likeness (QED) is 0.354. The minimum Gasteiger partial charge on any atom is -0.478 e. The van der Waals surface area contributed by atoms with Crippen LogP contribution in [-0.2, 0) is 5.66 Å². The summed E-state index contributed by atoms with van der Waals surface area (Å²) in [5, 5.41) is 18.8. The van der Waals surface area contributed by atoms with Crippen LogP contribution in [0.2, 0.25) is 5.02 Å². The van der Waals surface area contributed by atoms with Crippen molar-refractivity contribution in [3.05, 3.63) is 106 Å². The molecule has 0 saturated carbocycles. The van der Waals surface area contributed by atoms with Crippen molar-refractivity contribution in [3.8, 4) is 0 Å². The van der Waals surface area contributed by atoms with Crippen molar-refractivity contribution < 1.29 is 14.7 Å². The molecule has 0 saturated heterocycles. The summed E-state index contributed by atoms with van der Waals surface area (Å²) in [6.07, 6.45) is 0. The van der Waals surface area contributed by atoms with Crippen LogP contribution in [0.15, 0.2) is 78.9 Å². The van der Waals surface area contributed by atoms with Gasteiger partial charge < -0.3 is 21.5 Å². The van der Waals surface area contributed by atoms with Crippen molar-refractivity contribution >= 4 is 45.6 Å². The Hall–Kier alpha value is -4.03. The third kappa shape index (κ3) is 3.04. The van der Waals surface area contributed by atoms with Crippen LogP contribution in [-0.4, -0.2) is 17.0 Å². The van der Waals surface area contributed by atoms with Gasteiger partial charge in [-0.05, 0) is 41.1 Å². The van der Waals surface area contributed by atoms with Crippen molar-refractivity contribution in [2.45, 2.75) is 5.66 Å². The maximum Gasteiger partial charge on any atom is 0.335 e. The zero-order valence-corrected chi connectivity index (χ0v) is 17.5. The molecule has 32 heavy (non-hydrogen) atoms. The van der Waals surface area contributed by atoms with Crippen LogP contribution >= 0.6 is 11.6 Å². The highest BCUT2D eigenvalue weighted by atomic mass is 35.5. The molecule has 0 bridgehead atoms. The average molecular weight is 444 g/mol. The number of halogens is 1. The topological polar surface area (TPSA) is 104 Å². The van der Waals surface area contributed by atoms with Gasteiger partial charge in [0, 0.05) is 21.7 Å². The summed E-state index contributed by atoms with van der Waals surface area (Å²) in [5.74, 6) is -1.58. The van der Waals surface area contributed by atoms with Crippen molar-refractivity contribution in [2.24, 2.45) is 5.73 Å². The van der Waals surface area contributed by atoms with Gasteiger partial charge in [0.15, 0.2) is 5.66 Å². The molecule has 5 rings (SSSR count). The van der Waals surface area contributed by atoms with Gasteiger partial charge in [-0.1, -0.05) is 60.1 Å². The molecule has 4 aromatic rings. The maximum absolute atomic E-state index is 11.7.